The van der Waals surface area contributed by atoms with E-state index < -0.39 is 0 Å². The van der Waals surface area contributed by atoms with Crippen molar-refractivity contribution in [3.05, 3.63) is 72.8 Å². The molecule has 0 saturated heterocycles. The molecular weight excluding hydrogens is 262 g/mol. The fraction of sp³-hybridized carbons (Fsp3) is 0.118. The van der Waals surface area contributed by atoms with Crippen molar-refractivity contribution in [2.45, 2.75) is 6.54 Å². The van der Waals surface area contributed by atoms with Crippen molar-refractivity contribution in [2.75, 3.05) is 12.4 Å². The molecule has 0 aliphatic carbocycles. The summed E-state index contributed by atoms with van der Waals surface area (Å²) in [4.78, 5) is 4.07. The molecule has 0 amide bonds. The molecule has 4 nitrogen and oxygen atoms in total. The molecule has 21 heavy (non-hydrogen) atoms. The highest BCUT2D eigenvalue weighted by molar-refractivity contribution is 5.51. The summed E-state index contributed by atoms with van der Waals surface area (Å²) in [5, 5.41) is 3.43. The largest absolute Gasteiger partial charge is 0.497 e. The zero-order valence-corrected chi connectivity index (χ0v) is 11.9. The zero-order valence-electron chi connectivity index (χ0n) is 11.9. The van der Waals surface area contributed by atoms with Gasteiger partial charge in [-0.1, -0.05) is 18.2 Å². The average molecular weight is 279 g/mol. The molecule has 0 bridgehead atoms. The number of rotatable bonds is 5. The minimum absolute atomic E-state index is 0.755. The summed E-state index contributed by atoms with van der Waals surface area (Å²) >= 11 is 0. The third-order valence-electron chi connectivity index (χ3n) is 3.28. The molecule has 4 heteroatoms. The Hall–Kier alpha value is -2.75. The maximum atomic E-state index is 5.24. The van der Waals surface area contributed by atoms with Crippen molar-refractivity contribution >= 4 is 5.69 Å². The first-order chi connectivity index (χ1) is 10.3. The molecule has 0 aliphatic rings. The Morgan fingerprint density at radius 3 is 2.86 bits per heavy atom. The van der Waals surface area contributed by atoms with Crippen LogP contribution < -0.4 is 10.1 Å². The van der Waals surface area contributed by atoms with Crippen molar-refractivity contribution < 1.29 is 4.74 Å². The van der Waals surface area contributed by atoms with Crippen LogP contribution in [0.1, 0.15) is 5.56 Å². The van der Waals surface area contributed by atoms with Gasteiger partial charge < -0.3 is 14.6 Å². The van der Waals surface area contributed by atoms with E-state index in [2.05, 4.69) is 34.6 Å². The number of anilines is 1. The standard InChI is InChI=1S/C17H17N3O/c1-21-17-7-2-4-14(10-17)12-19-15-5-3-6-16(11-15)20-9-8-18-13-20/h2-11,13,19H,12H2,1H3. The van der Waals surface area contributed by atoms with E-state index in [0.29, 0.717) is 0 Å². The lowest BCUT2D eigenvalue weighted by Crippen LogP contribution is -2.00. The maximum absolute atomic E-state index is 5.24. The number of hydrogen-bond donors (Lipinski definition) is 1. The fourth-order valence-corrected chi connectivity index (χ4v) is 2.17. The fourth-order valence-electron chi connectivity index (χ4n) is 2.17. The van der Waals surface area contributed by atoms with Crippen LogP contribution in [0.3, 0.4) is 0 Å². The van der Waals surface area contributed by atoms with Crippen molar-refractivity contribution in [3.63, 3.8) is 0 Å². The Balaban J connectivity index is 1.72. The molecule has 0 radical (unpaired) electrons. The topological polar surface area (TPSA) is 39.1 Å². The molecule has 1 N–H and O–H groups in total. The first kappa shape index (κ1) is 13.2. The van der Waals surface area contributed by atoms with E-state index in [1.807, 2.05) is 35.0 Å². The SMILES string of the molecule is COc1cccc(CNc2cccc(-n3ccnc3)c2)c1. The Bertz CT molecular complexity index is 708. The molecule has 0 unspecified atom stereocenters. The van der Waals surface area contributed by atoms with Crippen LogP contribution in [0.2, 0.25) is 0 Å². The van der Waals surface area contributed by atoms with Crippen molar-refractivity contribution in [3.8, 4) is 11.4 Å². The summed E-state index contributed by atoms with van der Waals surface area (Å²) in [5.41, 5.74) is 3.34. The Morgan fingerprint density at radius 2 is 2.05 bits per heavy atom. The summed E-state index contributed by atoms with van der Waals surface area (Å²) in [6.45, 7) is 0.755. The van der Waals surface area contributed by atoms with Crippen molar-refractivity contribution in [2.24, 2.45) is 0 Å². The number of aromatic nitrogens is 2. The summed E-state index contributed by atoms with van der Waals surface area (Å²) < 4.78 is 7.22. The quantitative estimate of drug-likeness (QED) is 0.777. The van der Waals surface area contributed by atoms with Crippen LogP contribution in [0.25, 0.3) is 5.69 Å². The predicted molar refractivity (Wildman–Crippen MR) is 83.9 cm³/mol. The second-order valence-electron chi connectivity index (χ2n) is 4.73. The van der Waals surface area contributed by atoms with E-state index in [0.717, 1.165) is 23.7 Å². The van der Waals surface area contributed by atoms with Gasteiger partial charge in [0.15, 0.2) is 0 Å². The summed E-state index contributed by atoms with van der Waals surface area (Å²) in [6.07, 6.45) is 5.50. The Morgan fingerprint density at radius 1 is 1.14 bits per heavy atom. The van der Waals surface area contributed by atoms with Crippen LogP contribution >= 0.6 is 0 Å². The number of nitrogens with one attached hydrogen (secondary N) is 1. The molecule has 106 valence electrons. The highest BCUT2D eigenvalue weighted by atomic mass is 16.5. The van der Waals surface area contributed by atoms with Gasteiger partial charge in [-0.25, -0.2) is 4.98 Å². The Kier molecular flexibility index (Phi) is 3.87. The molecule has 3 rings (SSSR count). The summed E-state index contributed by atoms with van der Waals surface area (Å²) in [5.74, 6) is 0.876. The lowest BCUT2D eigenvalue weighted by molar-refractivity contribution is 0.414. The second-order valence-corrected chi connectivity index (χ2v) is 4.73. The monoisotopic (exact) mass is 279 g/mol. The minimum atomic E-state index is 0.755. The second kappa shape index (κ2) is 6.13. The zero-order chi connectivity index (χ0) is 14.5. The highest BCUT2D eigenvalue weighted by Gasteiger charge is 1.99. The van der Waals surface area contributed by atoms with Crippen LogP contribution in [-0.4, -0.2) is 16.7 Å². The van der Waals surface area contributed by atoms with Crippen LogP contribution in [0, 0.1) is 0 Å². The lowest BCUT2D eigenvalue weighted by Gasteiger charge is -2.10. The third-order valence-corrected chi connectivity index (χ3v) is 3.28. The Labute approximate surface area is 124 Å². The van der Waals surface area contributed by atoms with E-state index in [1.165, 1.54) is 5.56 Å². The number of benzene rings is 2. The summed E-state index contributed by atoms with van der Waals surface area (Å²) in [7, 11) is 1.68. The van der Waals surface area contributed by atoms with Gasteiger partial charge in [-0.3, -0.25) is 0 Å². The normalized spacial score (nSPS) is 10.3. The van der Waals surface area contributed by atoms with Crippen molar-refractivity contribution in [1.82, 2.24) is 9.55 Å². The van der Waals surface area contributed by atoms with E-state index in [1.54, 1.807) is 19.6 Å². The van der Waals surface area contributed by atoms with Crippen LogP contribution in [-0.2, 0) is 6.54 Å². The molecule has 1 aromatic heterocycles. The van der Waals surface area contributed by atoms with Crippen LogP contribution in [0.15, 0.2) is 67.3 Å². The molecule has 0 fully saturated rings. The minimum Gasteiger partial charge on any atom is -0.497 e. The van der Waals surface area contributed by atoms with Crippen molar-refractivity contribution in [1.29, 1.82) is 0 Å². The van der Waals surface area contributed by atoms with E-state index in [-0.39, 0.29) is 0 Å². The van der Waals surface area contributed by atoms with E-state index >= 15 is 0 Å². The van der Waals surface area contributed by atoms with Gasteiger partial charge in [0.2, 0.25) is 0 Å². The molecule has 0 spiro atoms. The lowest BCUT2D eigenvalue weighted by atomic mass is 10.2. The first-order valence-electron chi connectivity index (χ1n) is 6.80. The van der Waals surface area contributed by atoms with Gasteiger partial charge in [0.1, 0.15) is 5.75 Å². The maximum Gasteiger partial charge on any atom is 0.119 e. The molecule has 0 saturated carbocycles. The van der Waals surface area contributed by atoms with E-state index in [4.69, 9.17) is 4.74 Å². The third kappa shape index (κ3) is 3.23. The molecule has 0 atom stereocenters. The van der Waals surface area contributed by atoms with Crippen LogP contribution in [0.5, 0.6) is 5.75 Å². The summed E-state index contributed by atoms with van der Waals surface area (Å²) in [6, 6.07) is 16.3. The molecular formula is C17H17N3O. The predicted octanol–water partition coefficient (Wildman–Crippen LogP) is 3.49. The molecule has 1 heterocycles. The smallest absolute Gasteiger partial charge is 0.119 e. The highest BCUT2D eigenvalue weighted by Crippen LogP contribution is 2.17. The molecule has 0 aliphatic heterocycles. The van der Waals surface area contributed by atoms with E-state index in [9.17, 15) is 0 Å². The molecule has 2 aromatic carbocycles. The van der Waals surface area contributed by atoms with Gasteiger partial charge in [0, 0.05) is 30.3 Å². The number of ether oxygens (including phenoxy) is 1. The number of hydrogen-bond acceptors (Lipinski definition) is 3. The number of nitrogens with zero attached hydrogens (tertiary/aromatic N) is 2. The average Bonchev–Trinajstić information content (AvgIpc) is 3.08. The van der Waals surface area contributed by atoms with Gasteiger partial charge in [-0.05, 0) is 35.9 Å². The van der Waals surface area contributed by atoms with Gasteiger partial charge in [-0.15, -0.1) is 0 Å². The number of imidazole rings is 1. The van der Waals surface area contributed by atoms with Gasteiger partial charge in [0.25, 0.3) is 0 Å². The van der Waals surface area contributed by atoms with Gasteiger partial charge in [0.05, 0.1) is 13.4 Å². The van der Waals surface area contributed by atoms with Gasteiger partial charge >= 0.3 is 0 Å². The first-order valence-corrected chi connectivity index (χ1v) is 6.80. The van der Waals surface area contributed by atoms with Gasteiger partial charge in [-0.2, -0.15) is 0 Å². The number of methoxy groups -OCH3 is 1. The van der Waals surface area contributed by atoms with Crippen LogP contribution in [0.4, 0.5) is 5.69 Å². The molecule has 3 aromatic rings.